The van der Waals surface area contributed by atoms with Crippen LogP contribution < -0.4 is 0 Å². The molecule has 1 heterocycles. The highest BCUT2D eigenvalue weighted by Crippen LogP contribution is 2.33. The highest BCUT2D eigenvalue weighted by atomic mass is 16.5. The topological polar surface area (TPSA) is 66.8 Å². The van der Waals surface area contributed by atoms with Crippen molar-refractivity contribution in [1.82, 2.24) is 4.90 Å². The summed E-state index contributed by atoms with van der Waals surface area (Å²) in [7, 11) is 1.50. The van der Waals surface area contributed by atoms with Crippen LogP contribution in [-0.2, 0) is 27.2 Å². The van der Waals surface area contributed by atoms with Crippen LogP contribution in [-0.4, -0.2) is 48.7 Å². The quantitative estimate of drug-likeness (QED) is 0.763. The molecule has 1 saturated heterocycles. The number of carbonyl (C=O) groups excluding carboxylic acids is 1. The molecule has 0 aliphatic carbocycles. The average molecular weight is 381 g/mol. The third-order valence-electron chi connectivity index (χ3n) is 5.54. The Morgan fingerprint density at radius 1 is 1.04 bits per heavy atom. The standard InChI is InChI=1S/C23H27NO4/c1-28-17-23(22(26)27)12-13-24(16-23)21(25)20(14-18-8-4-2-5-9-18)15-19-10-6-3-7-11-19/h2-11,20H,12-17H2,1H3,(H,26,27). The van der Waals surface area contributed by atoms with Crippen molar-refractivity contribution in [3.63, 3.8) is 0 Å². The van der Waals surface area contributed by atoms with Crippen LogP contribution in [0, 0.1) is 11.3 Å². The van der Waals surface area contributed by atoms with Gasteiger partial charge in [0.25, 0.3) is 0 Å². The minimum Gasteiger partial charge on any atom is -0.481 e. The molecule has 0 bridgehead atoms. The van der Waals surface area contributed by atoms with Crippen LogP contribution in [0.5, 0.6) is 0 Å². The number of hydrogen-bond acceptors (Lipinski definition) is 3. The Morgan fingerprint density at radius 2 is 1.57 bits per heavy atom. The van der Waals surface area contributed by atoms with Gasteiger partial charge in [0, 0.05) is 26.1 Å². The Hall–Kier alpha value is -2.66. The lowest BCUT2D eigenvalue weighted by molar-refractivity contribution is -0.151. The minimum atomic E-state index is -1.01. The van der Waals surface area contributed by atoms with Crippen molar-refractivity contribution < 1.29 is 19.4 Å². The molecule has 5 heteroatoms. The SMILES string of the molecule is COCC1(C(=O)O)CCN(C(=O)C(Cc2ccccc2)Cc2ccccc2)C1. The maximum Gasteiger partial charge on any atom is 0.313 e. The molecule has 5 nitrogen and oxygen atoms in total. The van der Waals surface area contributed by atoms with Crippen LogP contribution in [0.3, 0.4) is 0 Å². The second-order valence-electron chi connectivity index (χ2n) is 7.60. The number of benzene rings is 2. The zero-order valence-electron chi connectivity index (χ0n) is 16.2. The zero-order chi connectivity index (χ0) is 20.0. The van der Waals surface area contributed by atoms with E-state index in [0.29, 0.717) is 25.8 Å². The van der Waals surface area contributed by atoms with Crippen LogP contribution >= 0.6 is 0 Å². The number of likely N-dealkylation sites (tertiary alicyclic amines) is 1. The summed E-state index contributed by atoms with van der Waals surface area (Å²) in [5.74, 6) is -1.10. The van der Waals surface area contributed by atoms with Crippen molar-refractivity contribution in [3.8, 4) is 0 Å². The predicted octanol–water partition coefficient (Wildman–Crippen LogP) is 3.04. The van der Waals surface area contributed by atoms with E-state index in [2.05, 4.69) is 0 Å². The largest absolute Gasteiger partial charge is 0.481 e. The van der Waals surface area contributed by atoms with Gasteiger partial charge in [-0.2, -0.15) is 0 Å². The van der Waals surface area contributed by atoms with E-state index in [0.717, 1.165) is 11.1 Å². The molecule has 2 aromatic rings. The number of methoxy groups -OCH3 is 1. The van der Waals surface area contributed by atoms with E-state index in [4.69, 9.17) is 4.74 Å². The fourth-order valence-corrected chi connectivity index (χ4v) is 3.99. The molecule has 0 aromatic heterocycles. The van der Waals surface area contributed by atoms with Gasteiger partial charge in [0.1, 0.15) is 5.41 Å². The van der Waals surface area contributed by atoms with E-state index >= 15 is 0 Å². The number of amides is 1. The van der Waals surface area contributed by atoms with Crippen molar-refractivity contribution in [2.45, 2.75) is 19.3 Å². The van der Waals surface area contributed by atoms with Gasteiger partial charge in [0.2, 0.25) is 5.91 Å². The Morgan fingerprint density at radius 3 is 2.04 bits per heavy atom. The summed E-state index contributed by atoms with van der Waals surface area (Å²) < 4.78 is 5.15. The molecular weight excluding hydrogens is 354 g/mol. The summed E-state index contributed by atoms with van der Waals surface area (Å²) in [4.78, 5) is 26.9. The van der Waals surface area contributed by atoms with E-state index < -0.39 is 11.4 Å². The van der Waals surface area contributed by atoms with Crippen molar-refractivity contribution in [2.24, 2.45) is 11.3 Å². The molecule has 1 aliphatic rings. The molecule has 0 spiro atoms. The Kier molecular flexibility index (Phi) is 6.47. The molecule has 1 N–H and O–H groups in total. The van der Waals surface area contributed by atoms with Crippen LogP contribution in [0.2, 0.25) is 0 Å². The van der Waals surface area contributed by atoms with Gasteiger partial charge in [-0.05, 0) is 30.4 Å². The molecule has 1 atom stereocenters. The number of ether oxygens (including phenoxy) is 1. The maximum absolute atomic E-state index is 13.4. The van der Waals surface area contributed by atoms with E-state index in [-0.39, 0.29) is 25.0 Å². The average Bonchev–Trinajstić information content (AvgIpc) is 3.14. The molecule has 0 radical (unpaired) electrons. The van der Waals surface area contributed by atoms with Gasteiger partial charge in [0.05, 0.1) is 6.61 Å². The number of carbonyl (C=O) groups is 2. The lowest BCUT2D eigenvalue weighted by Crippen LogP contribution is -2.42. The fraction of sp³-hybridized carbons (Fsp3) is 0.391. The summed E-state index contributed by atoms with van der Waals surface area (Å²) in [6, 6.07) is 19.9. The zero-order valence-corrected chi connectivity index (χ0v) is 16.2. The van der Waals surface area contributed by atoms with Crippen molar-refractivity contribution in [2.75, 3.05) is 26.8 Å². The molecule has 1 fully saturated rings. The minimum absolute atomic E-state index is 0.0203. The van der Waals surface area contributed by atoms with E-state index in [1.165, 1.54) is 7.11 Å². The van der Waals surface area contributed by atoms with Crippen molar-refractivity contribution in [1.29, 1.82) is 0 Å². The molecule has 1 aliphatic heterocycles. The van der Waals surface area contributed by atoms with Gasteiger partial charge in [-0.1, -0.05) is 60.7 Å². The first-order chi connectivity index (χ1) is 13.5. The van der Waals surface area contributed by atoms with Gasteiger partial charge < -0.3 is 14.7 Å². The summed E-state index contributed by atoms with van der Waals surface area (Å²) in [6.45, 7) is 0.776. The van der Waals surface area contributed by atoms with Gasteiger partial charge in [0.15, 0.2) is 0 Å². The third kappa shape index (κ3) is 4.60. The molecule has 28 heavy (non-hydrogen) atoms. The monoisotopic (exact) mass is 381 g/mol. The lowest BCUT2D eigenvalue weighted by Gasteiger charge is -2.27. The highest BCUT2D eigenvalue weighted by Gasteiger charge is 2.47. The number of carboxylic acids is 1. The molecule has 148 valence electrons. The van der Waals surface area contributed by atoms with Gasteiger partial charge in [-0.3, -0.25) is 9.59 Å². The van der Waals surface area contributed by atoms with E-state index in [9.17, 15) is 14.7 Å². The highest BCUT2D eigenvalue weighted by molar-refractivity contribution is 5.82. The fourth-order valence-electron chi connectivity index (χ4n) is 3.99. The van der Waals surface area contributed by atoms with Crippen LogP contribution in [0.1, 0.15) is 17.5 Å². The molecule has 3 rings (SSSR count). The summed E-state index contributed by atoms with van der Waals surface area (Å²) in [5.41, 5.74) is 1.21. The predicted molar refractivity (Wildman–Crippen MR) is 107 cm³/mol. The smallest absolute Gasteiger partial charge is 0.313 e. The summed E-state index contributed by atoms with van der Waals surface area (Å²) in [5, 5.41) is 9.69. The number of carboxylic acid groups (broad SMARTS) is 1. The van der Waals surface area contributed by atoms with Crippen LogP contribution in [0.4, 0.5) is 0 Å². The number of aliphatic carboxylic acids is 1. The van der Waals surface area contributed by atoms with E-state index in [1.54, 1.807) is 4.90 Å². The maximum atomic E-state index is 13.4. The molecule has 1 amide bonds. The van der Waals surface area contributed by atoms with E-state index in [1.807, 2.05) is 60.7 Å². The number of rotatable bonds is 8. The first kappa shape index (κ1) is 20.1. The van der Waals surface area contributed by atoms with Gasteiger partial charge >= 0.3 is 5.97 Å². The van der Waals surface area contributed by atoms with Gasteiger partial charge in [-0.25, -0.2) is 0 Å². The second-order valence-corrected chi connectivity index (χ2v) is 7.60. The second kappa shape index (κ2) is 9.02. The lowest BCUT2D eigenvalue weighted by atomic mass is 9.88. The summed E-state index contributed by atoms with van der Waals surface area (Å²) >= 11 is 0. The summed E-state index contributed by atoms with van der Waals surface area (Å²) in [6.07, 6.45) is 1.69. The first-order valence-electron chi connectivity index (χ1n) is 9.63. The van der Waals surface area contributed by atoms with Crippen LogP contribution in [0.25, 0.3) is 0 Å². The van der Waals surface area contributed by atoms with Gasteiger partial charge in [-0.15, -0.1) is 0 Å². The Labute approximate surface area is 165 Å². The number of nitrogens with zero attached hydrogens (tertiary/aromatic N) is 1. The Balaban J connectivity index is 1.79. The Bertz CT molecular complexity index is 751. The molecule has 0 saturated carbocycles. The molecule has 1 unspecified atom stereocenters. The first-order valence-corrected chi connectivity index (χ1v) is 9.63. The molecule has 2 aromatic carbocycles. The normalized spacial score (nSPS) is 19.1. The number of hydrogen-bond donors (Lipinski definition) is 1. The van der Waals surface area contributed by atoms with Crippen molar-refractivity contribution >= 4 is 11.9 Å². The third-order valence-corrected chi connectivity index (χ3v) is 5.54. The van der Waals surface area contributed by atoms with Crippen LogP contribution in [0.15, 0.2) is 60.7 Å². The van der Waals surface area contributed by atoms with Crippen molar-refractivity contribution in [3.05, 3.63) is 71.8 Å². The molecular formula is C23H27NO4.